The van der Waals surface area contributed by atoms with Crippen molar-refractivity contribution in [2.24, 2.45) is 11.8 Å². The summed E-state index contributed by atoms with van der Waals surface area (Å²) in [5, 5.41) is 8.65. The highest BCUT2D eigenvalue weighted by molar-refractivity contribution is 5.95. The van der Waals surface area contributed by atoms with Gasteiger partial charge in [-0.1, -0.05) is 18.2 Å². The molecule has 0 radical (unpaired) electrons. The van der Waals surface area contributed by atoms with Gasteiger partial charge >= 0.3 is 0 Å². The number of piperidine rings is 1. The van der Waals surface area contributed by atoms with Crippen molar-refractivity contribution >= 4 is 22.5 Å². The van der Waals surface area contributed by atoms with E-state index in [-0.39, 0.29) is 11.8 Å². The van der Waals surface area contributed by atoms with Crippen LogP contribution in [0.5, 0.6) is 0 Å². The Morgan fingerprint density at radius 2 is 1.96 bits per heavy atom. The number of amides is 1. The van der Waals surface area contributed by atoms with Crippen molar-refractivity contribution in [2.75, 3.05) is 18.4 Å². The van der Waals surface area contributed by atoms with Crippen LogP contribution in [0, 0.1) is 11.8 Å². The minimum atomic E-state index is 0.114. The standard InChI is InChI=1S/C19H23N3O/c23-19(15-3-4-15)22-18-11-17-10-14(1-2-16(17)12-21-18)9-13-5-7-20-8-6-13/h1-2,10-13,15,20H,3-9H2,(H,21,22,23). The van der Waals surface area contributed by atoms with Gasteiger partial charge in [0, 0.05) is 17.5 Å². The molecule has 2 N–H and O–H groups in total. The Balaban J connectivity index is 1.52. The molecule has 2 heterocycles. The first-order chi connectivity index (χ1) is 11.3. The zero-order valence-corrected chi connectivity index (χ0v) is 13.3. The quantitative estimate of drug-likeness (QED) is 0.912. The topological polar surface area (TPSA) is 54.0 Å². The van der Waals surface area contributed by atoms with Gasteiger partial charge in [-0.2, -0.15) is 0 Å². The lowest BCUT2D eigenvalue weighted by Crippen LogP contribution is -2.28. The molecule has 1 saturated heterocycles. The van der Waals surface area contributed by atoms with Gasteiger partial charge in [-0.3, -0.25) is 4.79 Å². The average molecular weight is 309 g/mol. The summed E-state index contributed by atoms with van der Waals surface area (Å²) in [6.45, 7) is 2.28. The Labute approximate surface area is 136 Å². The van der Waals surface area contributed by atoms with Crippen LogP contribution < -0.4 is 10.6 Å². The third-order valence-electron chi connectivity index (χ3n) is 4.97. The van der Waals surface area contributed by atoms with E-state index in [4.69, 9.17) is 0 Å². The lowest BCUT2D eigenvalue weighted by Gasteiger charge is -2.22. The summed E-state index contributed by atoms with van der Waals surface area (Å²) < 4.78 is 0. The molecule has 120 valence electrons. The molecule has 1 aromatic carbocycles. The zero-order chi connectivity index (χ0) is 15.6. The number of fused-ring (bicyclic) bond motifs is 1. The summed E-state index contributed by atoms with van der Waals surface area (Å²) in [6, 6.07) is 8.62. The van der Waals surface area contributed by atoms with Crippen molar-refractivity contribution in [1.29, 1.82) is 0 Å². The van der Waals surface area contributed by atoms with Crippen LogP contribution in [0.15, 0.2) is 30.5 Å². The van der Waals surface area contributed by atoms with Crippen LogP contribution in [-0.4, -0.2) is 24.0 Å². The Kier molecular flexibility index (Phi) is 4.00. The van der Waals surface area contributed by atoms with Crippen LogP contribution in [0.3, 0.4) is 0 Å². The summed E-state index contributed by atoms with van der Waals surface area (Å²) in [5.74, 6) is 1.78. The highest BCUT2D eigenvalue weighted by atomic mass is 16.2. The normalized spacial score (nSPS) is 19.0. The number of hydrogen-bond donors (Lipinski definition) is 2. The van der Waals surface area contributed by atoms with Crippen LogP contribution in [0.1, 0.15) is 31.2 Å². The molecule has 1 aromatic heterocycles. The predicted octanol–water partition coefficient (Wildman–Crippen LogP) is 3.13. The molecule has 2 aliphatic rings. The second kappa shape index (κ2) is 6.28. The number of benzene rings is 1. The minimum Gasteiger partial charge on any atom is -0.317 e. The Morgan fingerprint density at radius 1 is 1.13 bits per heavy atom. The number of nitrogens with one attached hydrogen (secondary N) is 2. The molecule has 1 aliphatic heterocycles. The van der Waals surface area contributed by atoms with Gasteiger partial charge in [0.15, 0.2) is 0 Å². The first-order valence-electron chi connectivity index (χ1n) is 8.68. The number of carbonyl (C=O) groups is 1. The fraction of sp³-hybridized carbons (Fsp3) is 0.474. The van der Waals surface area contributed by atoms with Crippen molar-refractivity contribution in [2.45, 2.75) is 32.1 Å². The van der Waals surface area contributed by atoms with Crippen molar-refractivity contribution < 1.29 is 4.79 Å². The summed E-state index contributed by atoms with van der Waals surface area (Å²) in [5.41, 5.74) is 1.38. The smallest absolute Gasteiger partial charge is 0.228 e. The zero-order valence-electron chi connectivity index (χ0n) is 13.3. The third kappa shape index (κ3) is 3.53. The highest BCUT2D eigenvalue weighted by Crippen LogP contribution is 2.30. The number of aromatic nitrogens is 1. The van der Waals surface area contributed by atoms with Crippen molar-refractivity contribution in [1.82, 2.24) is 10.3 Å². The van der Waals surface area contributed by atoms with E-state index in [0.717, 1.165) is 49.0 Å². The largest absolute Gasteiger partial charge is 0.317 e. The van der Waals surface area contributed by atoms with Crippen LogP contribution in [0.25, 0.3) is 10.8 Å². The Hall–Kier alpha value is -1.94. The van der Waals surface area contributed by atoms with E-state index in [0.29, 0.717) is 5.82 Å². The molecule has 4 rings (SSSR count). The number of carbonyl (C=O) groups excluding carboxylic acids is 1. The molecule has 0 unspecified atom stereocenters. The lowest BCUT2D eigenvalue weighted by atomic mass is 9.90. The monoisotopic (exact) mass is 309 g/mol. The van der Waals surface area contributed by atoms with Gasteiger partial charge in [0.25, 0.3) is 0 Å². The van der Waals surface area contributed by atoms with Gasteiger partial charge < -0.3 is 10.6 Å². The molecule has 4 nitrogen and oxygen atoms in total. The fourth-order valence-electron chi connectivity index (χ4n) is 3.38. The van der Waals surface area contributed by atoms with Gasteiger partial charge in [0.2, 0.25) is 5.91 Å². The van der Waals surface area contributed by atoms with Gasteiger partial charge in [0.1, 0.15) is 5.82 Å². The molecule has 2 fully saturated rings. The van der Waals surface area contributed by atoms with Gasteiger partial charge in [-0.05, 0) is 68.1 Å². The summed E-state index contributed by atoms with van der Waals surface area (Å²) >= 11 is 0. The first kappa shape index (κ1) is 14.6. The molecule has 0 bridgehead atoms. The maximum atomic E-state index is 11.9. The van der Waals surface area contributed by atoms with Crippen LogP contribution in [-0.2, 0) is 11.2 Å². The fourth-order valence-corrected chi connectivity index (χ4v) is 3.38. The van der Waals surface area contributed by atoms with Crippen molar-refractivity contribution in [3.8, 4) is 0 Å². The van der Waals surface area contributed by atoms with Gasteiger partial charge in [-0.15, -0.1) is 0 Å². The maximum absolute atomic E-state index is 11.9. The van der Waals surface area contributed by atoms with Crippen molar-refractivity contribution in [3.63, 3.8) is 0 Å². The van der Waals surface area contributed by atoms with Gasteiger partial charge in [0.05, 0.1) is 0 Å². The molecule has 1 amide bonds. The lowest BCUT2D eigenvalue weighted by molar-refractivity contribution is -0.117. The molecular weight excluding hydrogens is 286 g/mol. The predicted molar refractivity (Wildman–Crippen MR) is 92.4 cm³/mol. The third-order valence-corrected chi connectivity index (χ3v) is 4.97. The maximum Gasteiger partial charge on any atom is 0.228 e. The van der Waals surface area contributed by atoms with Crippen molar-refractivity contribution in [3.05, 3.63) is 36.0 Å². The number of pyridine rings is 1. The van der Waals surface area contributed by atoms with Crippen LogP contribution in [0.2, 0.25) is 0 Å². The molecular formula is C19H23N3O. The number of hydrogen-bond acceptors (Lipinski definition) is 3. The number of anilines is 1. The minimum absolute atomic E-state index is 0.114. The van der Waals surface area contributed by atoms with E-state index >= 15 is 0 Å². The number of rotatable bonds is 4. The SMILES string of the molecule is O=C(Nc1cc2cc(CC3CCNCC3)ccc2cn1)C1CC1. The molecule has 4 heteroatoms. The van der Waals surface area contributed by atoms with E-state index < -0.39 is 0 Å². The molecule has 0 spiro atoms. The van der Waals surface area contributed by atoms with Crippen LogP contribution in [0.4, 0.5) is 5.82 Å². The summed E-state index contributed by atoms with van der Waals surface area (Å²) in [4.78, 5) is 16.2. The van der Waals surface area contributed by atoms with Crippen LogP contribution >= 0.6 is 0 Å². The van der Waals surface area contributed by atoms with E-state index in [1.54, 1.807) is 0 Å². The molecule has 2 aromatic rings. The van der Waals surface area contributed by atoms with E-state index in [2.05, 4.69) is 33.8 Å². The molecule has 1 saturated carbocycles. The number of nitrogens with zero attached hydrogens (tertiary/aromatic N) is 1. The Bertz CT molecular complexity index is 718. The summed E-state index contributed by atoms with van der Waals surface area (Å²) in [7, 11) is 0. The second-order valence-corrected chi connectivity index (χ2v) is 6.91. The van der Waals surface area contributed by atoms with Gasteiger partial charge in [-0.25, -0.2) is 4.98 Å². The average Bonchev–Trinajstić information content (AvgIpc) is 3.40. The van der Waals surface area contributed by atoms with E-state index in [1.807, 2.05) is 12.3 Å². The van der Waals surface area contributed by atoms with E-state index in [9.17, 15) is 4.79 Å². The van der Waals surface area contributed by atoms with E-state index in [1.165, 1.54) is 18.4 Å². The molecule has 1 aliphatic carbocycles. The Morgan fingerprint density at radius 3 is 2.74 bits per heavy atom. The first-order valence-corrected chi connectivity index (χ1v) is 8.68. The summed E-state index contributed by atoms with van der Waals surface area (Å²) in [6.07, 6.45) is 7.55. The molecule has 23 heavy (non-hydrogen) atoms. The second-order valence-electron chi connectivity index (χ2n) is 6.91. The molecule has 0 atom stereocenters. The highest BCUT2D eigenvalue weighted by Gasteiger charge is 2.29.